The van der Waals surface area contributed by atoms with Gasteiger partial charge in [-0.15, -0.1) is 0 Å². The Bertz CT molecular complexity index is 1160. The second-order valence-corrected chi connectivity index (χ2v) is 6.93. The number of hydrogen-bond donors (Lipinski definition) is 1. The zero-order valence-electron chi connectivity index (χ0n) is 15.2. The van der Waals surface area contributed by atoms with Gasteiger partial charge < -0.3 is 14.6 Å². The Morgan fingerprint density at radius 1 is 1.21 bits per heavy atom. The van der Waals surface area contributed by atoms with Crippen molar-refractivity contribution in [2.45, 2.75) is 6.54 Å². The summed E-state index contributed by atoms with van der Waals surface area (Å²) in [7, 11) is 1.62. The minimum absolute atomic E-state index is 0.137. The van der Waals surface area contributed by atoms with Crippen molar-refractivity contribution in [3.63, 3.8) is 0 Å². The number of rotatable bonds is 6. The molecule has 0 aliphatic carbocycles. The first-order valence-corrected chi connectivity index (χ1v) is 9.63. The smallest absolute Gasteiger partial charge is 0.276 e. The van der Waals surface area contributed by atoms with Gasteiger partial charge in [-0.2, -0.15) is 16.4 Å². The van der Waals surface area contributed by atoms with E-state index in [1.165, 1.54) is 11.3 Å². The summed E-state index contributed by atoms with van der Waals surface area (Å²) in [5.74, 6) is 0.626. The molecule has 4 aromatic rings. The molecule has 7 nitrogen and oxygen atoms in total. The maximum atomic E-state index is 12.7. The van der Waals surface area contributed by atoms with Gasteiger partial charge in [0.15, 0.2) is 0 Å². The van der Waals surface area contributed by atoms with Gasteiger partial charge >= 0.3 is 0 Å². The fraction of sp³-hybridized carbons (Fsp3) is 0.150. The Labute approximate surface area is 164 Å². The first kappa shape index (κ1) is 18.0. The highest BCUT2D eigenvalue weighted by atomic mass is 32.1. The van der Waals surface area contributed by atoms with Gasteiger partial charge in [0.2, 0.25) is 0 Å². The van der Waals surface area contributed by atoms with Crippen molar-refractivity contribution in [3.8, 4) is 17.0 Å². The molecule has 4 rings (SSSR count). The highest BCUT2D eigenvalue weighted by Crippen LogP contribution is 2.21. The molecule has 0 saturated carbocycles. The molecule has 0 fully saturated rings. The van der Waals surface area contributed by atoms with E-state index in [-0.39, 0.29) is 11.5 Å². The van der Waals surface area contributed by atoms with Gasteiger partial charge in [0, 0.05) is 42.0 Å². The van der Waals surface area contributed by atoms with Crippen molar-refractivity contribution in [2.75, 3.05) is 13.7 Å². The summed E-state index contributed by atoms with van der Waals surface area (Å²) in [6.07, 6.45) is 3.42. The molecule has 142 valence electrons. The number of ether oxygens (including phenoxy) is 1. The van der Waals surface area contributed by atoms with E-state index >= 15 is 0 Å². The number of thiophene rings is 1. The summed E-state index contributed by atoms with van der Waals surface area (Å²) in [5, 5.41) is 10.9. The first-order valence-electron chi connectivity index (χ1n) is 8.69. The predicted octanol–water partition coefficient (Wildman–Crippen LogP) is 2.66. The lowest BCUT2D eigenvalue weighted by Crippen LogP contribution is -2.30. The summed E-state index contributed by atoms with van der Waals surface area (Å²) >= 11 is 1.47. The van der Waals surface area contributed by atoms with Crippen LogP contribution in [0.3, 0.4) is 0 Å². The van der Waals surface area contributed by atoms with Crippen molar-refractivity contribution in [1.29, 1.82) is 0 Å². The summed E-state index contributed by atoms with van der Waals surface area (Å²) in [6, 6.07) is 11.1. The molecule has 3 aromatic heterocycles. The Balaban J connectivity index is 1.51. The van der Waals surface area contributed by atoms with E-state index in [0.717, 1.165) is 11.3 Å². The third-order valence-electron chi connectivity index (χ3n) is 4.41. The number of benzene rings is 1. The third-order valence-corrected chi connectivity index (χ3v) is 5.09. The van der Waals surface area contributed by atoms with Crippen LogP contribution in [0, 0.1) is 0 Å². The van der Waals surface area contributed by atoms with E-state index in [0.29, 0.717) is 29.9 Å². The molecule has 3 heterocycles. The maximum absolute atomic E-state index is 12.7. The van der Waals surface area contributed by atoms with E-state index in [9.17, 15) is 9.59 Å². The molecular formula is C20H18N4O3S. The topological polar surface area (TPSA) is 77.6 Å². The Hall–Kier alpha value is -3.39. The number of carbonyl (C=O) groups excluding carboxylic acids is 1. The zero-order valence-corrected chi connectivity index (χ0v) is 16.0. The average Bonchev–Trinajstić information content (AvgIpc) is 3.40. The molecule has 0 radical (unpaired) electrons. The highest BCUT2D eigenvalue weighted by molar-refractivity contribution is 7.08. The van der Waals surface area contributed by atoms with Crippen LogP contribution >= 0.6 is 11.3 Å². The first-order chi connectivity index (χ1) is 13.7. The molecule has 0 aliphatic heterocycles. The predicted molar refractivity (Wildman–Crippen MR) is 108 cm³/mol. The molecule has 1 N–H and O–H groups in total. The fourth-order valence-electron chi connectivity index (χ4n) is 2.89. The van der Waals surface area contributed by atoms with Crippen molar-refractivity contribution in [2.24, 2.45) is 0 Å². The number of amides is 1. The monoisotopic (exact) mass is 394 g/mol. The SMILES string of the molecule is COc1ccc(-c2cc3c(=O)n(CCNC(=O)c4ccsc4)ccn3n2)cc1. The number of carbonyl (C=O) groups is 1. The number of hydrogen-bond acceptors (Lipinski definition) is 5. The third kappa shape index (κ3) is 3.54. The summed E-state index contributed by atoms with van der Waals surface area (Å²) in [4.78, 5) is 24.7. The van der Waals surface area contributed by atoms with Gasteiger partial charge in [0.25, 0.3) is 11.5 Å². The molecule has 1 amide bonds. The second-order valence-electron chi connectivity index (χ2n) is 6.15. The maximum Gasteiger partial charge on any atom is 0.276 e. The Kier molecular flexibility index (Phi) is 4.94. The average molecular weight is 394 g/mol. The fourth-order valence-corrected chi connectivity index (χ4v) is 3.53. The van der Waals surface area contributed by atoms with Crippen LogP contribution in [0.4, 0.5) is 0 Å². The molecule has 0 aliphatic rings. The Morgan fingerprint density at radius 3 is 2.75 bits per heavy atom. The lowest BCUT2D eigenvalue weighted by Gasteiger charge is -2.07. The van der Waals surface area contributed by atoms with Crippen LogP contribution in [0.25, 0.3) is 16.8 Å². The van der Waals surface area contributed by atoms with Gasteiger partial charge in [0.1, 0.15) is 11.3 Å². The summed E-state index contributed by atoms with van der Waals surface area (Å²) in [5.41, 5.74) is 2.58. The van der Waals surface area contributed by atoms with Gasteiger partial charge in [-0.25, -0.2) is 4.52 Å². The molecule has 0 spiro atoms. The van der Waals surface area contributed by atoms with E-state index in [2.05, 4.69) is 10.4 Å². The van der Waals surface area contributed by atoms with E-state index in [1.807, 2.05) is 29.6 Å². The highest BCUT2D eigenvalue weighted by Gasteiger charge is 2.10. The van der Waals surface area contributed by atoms with Crippen LogP contribution in [0.15, 0.2) is 64.3 Å². The van der Waals surface area contributed by atoms with E-state index in [4.69, 9.17) is 4.74 Å². The number of methoxy groups -OCH3 is 1. The molecular weight excluding hydrogens is 376 g/mol. The number of aromatic nitrogens is 3. The molecule has 8 heteroatoms. The molecule has 0 saturated heterocycles. The minimum Gasteiger partial charge on any atom is -0.497 e. The minimum atomic E-state index is -0.153. The van der Waals surface area contributed by atoms with E-state index < -0.39 is 0 Å². The summed E-state index contributed by atoms with van der Waals surface area (Å²) in [6.45, 7) is 0.749. The Morgan fingerprint density at radius 2 is 2.04 bits per heavy atom. The number of fused-ring (bicyclic) bond motifs is 1. The van der Waals surface area contributed by atoms with E-state index in [1.54, 1.807) is 46.1 Å². The van der Waals surface area contributed by atoms with Crippen molar-refractivity contribution < 1.29 is 9.53 Å². The van der Waals surface area contributed by atoms with Crippen LogP contribution in [-0.2, 0) is 6.54 Å². The van der Waals surface area contributed by atoms with Gasteiger partial charge in [0.05, 0.1) is 12.8 Å². The normalized spacial score (nSPS) is 10.9. The zero-order chi connectivity index (χ0) is 19.5. The number of nitrogens with one attached hydrogen (secondary N) is 1. The molecule has 0 unspecified atom stereocenters. The van der Waals surface area contributed by atoms with Crippen LogP contribution in [0.5, 0.6) is 5.75 Å². The summed E-state index contributed by atoms with van der Waals surface area (Å²) < 4.78 is 8.31. The van der Waals surface area contributed by atoms with Crippen LogP contribution in [-0.4, -0.2) is 33.7 Å². The lowest BCUT2D eigenvalue weighted by atomic mass is 10.1. The quantitative estimate of drug-likeness (QED) is 0.545. The lowest BCUT2D eigenvalue weighted by molar-refractivity contribution is 0.0952. The molecule has 0 bridgehead atoms. The number of nitrogens with zero attached hydrogens (tertiary/aromatic N) is 3. The van der Waals surface area contributed by atoms with Crippen molar-refractivity contribution in [1.82, 2.24) is 19.5 Å². The standard InChI is InChI=1S/C20H18N4O3S/c1-27-16-4-2-14(3-5-16)17-12-18-20(26)23(9-10-24(18)22-17)8-7-21-19(25)15-6-11-28-13-15/h2-6,9-13H,7-8H2,1H3,(H,21,25). The second kappa shape index (κ2) is 7.69. The largest absolute Gasteiger partial charge is 0.497 e. The van der Waals surface area contributed by atoms with Crippen molar-refractivity contribution in [3.05, 3.63) is 75.5 Å². The van der Waals surface area contributed by atoms with Crippen molar-refractivity contribution >= 4 is 22.8 Å². The van der Waals surface area contributed by atoms with Crippen LogP contribution < -0.4 is 15.6 Å². The van der Waals surface area contributed by atoms with Gasteiger partial charge in [-0.05, 0) is 41.8 Å². The molecule has 1 aromatic carbocycles. The van der Waals surface area contributed by atoms with Crippen LogP contribution in [0.1, 0.15) is 10.4 Å². The van der Waals surface area contributed by atoms with Gasteiger partial charge in [-0.3, -0.25) is 9.59 Å². The van der Waals surface area contributed by atoms with Gasteiger partial charge in [-0.1, -0.05) is 0 Å². The van der Waals surface area contributed by atoms with Crippen LogP contribution in [0.2, 0.25) is 0 Å². The molecule has 28 heavy (non-hydrogen) atoms. The molecule has 0 atom stereocenters.